The van der Waals surface area contributed by atoms with E-state index in [1.807, 2.05) is 18.7 Å². The first-order valence-corrected chi connectivity index (χ1v) is 4.60. The molecule has 2 N–H and O–H groups in total. The Kier molecular flexibility index (Phi) is 2.93. The van der Waals surface area contributed by atoms with Gasteiger partial charge in [-0.05, 0) is 5.92 Å². The van der Waals surface area contributed by atoms with Crippen molar-refractivity contribution in [2.24, 2.45) is 5.92 Å². The van der Waals surface area contributed by atoms with Gasteiger partial charge in [-0.1, -0.05) is 13.8 Å². The maximum Gasteiger partial charge on any atom is 0.304 e. The lowest BCUT2D eigenvalue weighted by atomic mass is 9.83. The summed E-state index contributed by atoms with van der Waals surface area (Å²) in [4.78, 5) is 12.2. The molecule has 0 amide bonds. The Balaban J connectivity index is 2.21. The number of nitrogens with zero attached hydrogens (tertiary/aromatic N) is 1. The summed E-state index contributed by atoms with van der Waals surface area (Å²) in [6.07, 6.45) is 0.161. The zero-order valence-electron chi connectivity index (χ0n) is 8.16. The van der Waals surface area contributed by atoms with Crippen molar-refractivity contribution in [2.75, 3.05) is 19.6 Å². The molecule has 1 rings (SSSR count). The summed E-state index contributed by atoms with van der Waals surface area (Å²) >= 11 is 0. The van der Waals surface area contributed by atoms with Crippen LogP contribution in [-0.4, -0.2) is 46.3 Å². The van der Waals surface area contributed by atoms with Gasteiger partial charge in [0.2, 0.25) is 0 Å². The molecule has 4 nitrogen and oxygen atoms in total. The van der Waals surface area contributed by atoms with E-state index < -0.39 is 11.6 Å². The van der Waals surface area contributed by atoms with Crippen LogP contribution in [0.5, 0.6) is 0 Å². The van der Waals surface area contributed by atoms with Crippen molar-refractivity contribution < 1.29 is 15.0 Å². The maximum absolute atomic E-state index is 10.2. The molecule has 0 radical (unpaired) electrons. The van der Waals surface area contributed by atoms with Crippen molar-refractivity contribution in [3.8, 4) is 0 Å². The van der Waals surface area contributed by atoms with Gasteiger partial charge in [0, 0.05) is 19.6 Å². The van der Waals surface area contributed by atoms with Gasteiger partial charge in [-0.2, -0.15) is 0 Å². The molecule has 0 aliphatic carbocycles. The number of likely N-dealkylation sites (tertiary alicyclic amines) is 1. The summed E-state index contributed by atoms with van der Waals surface area (Å²) in [5, 5.41) is 18.3. The summed E-state index contributed by atoms with van der Waals surface area (Å²) in [6.45, 7) is 5.73. The van der Waals surface area contributed by atoms with Gasteiger partial charge in [-0.15, -0.1) is 0 Å². The number of carboxylic acid groups (broad SMARTS) is 1. The van der Waals surface area contributed by atoms with Crippen LogP contribution in [0.1, 0.15) is 20.3 Å². The minimum Gasteiger partial charge on any atom is -0.481 e. The summed E-state index contributed by atoms with van der Waals surface area (Å²) in [5.41, 5.74) is -0.585. The lowest BCUT2D eigenvalue weighted by Crippen LogP contribution is -2.64. The zero-order valence-corrected chi connectivity index (χ0v) is 8.16. The monoisotopic (exact) mass is 187 g/mol. The average molecular weight is 187 g/mol. The summed E-state index contributed by atoms with van der Waals surface area (Å²) in [6, 6.07) is 0. The molecule has 1 aliphatic rings. The number of rotatable bonds is 4. The van der Waals surface area contributed by atoms with E-state index in [0.717, 1.165) is 0 Å². The molecule has 13 heavy (non-hydrogen) atoms. The molecule has 0 aromatic carbocycles. The third-order valence-electron chi connectivity index (χ3n) is 2.71. The first-order chi connectivity index (χ1) is 5.94. The Labute approximate surface area is 78.2 Å². The SMILES string of the molecule is CC(C)C1(O)CN(CCC(=O)O)C1. The third kappa shape index (κ3) is 2.42. The smallest absolute Gasteiger partial charge is 0.304 e. The number of aliphatic hydroxyl groups is 1. The second-order valence-electron chi connectivity index (χ2n) is 4.11. The summed E-state index contributed by atoms with van der Waals surface area (Å²) < 4.78 is 0. The van der Waals surface area contributed by atoms with Crippen LogP contribution in [0.3, 0.4) is 0 Å². The molecule has 0 saturated carbocycles. The Hall–Kier alpha value is -0.610. The van der Waals surface area contributed by atoms with E-state index in [1.165, 1.54) is 0 Å². The Morgan fingerprint density at radius 2 is 2.08 bits per heavy atom. The van der Waals surface area contributed by atoms with Crippen molar-refractivity contribution in [2.45, 2.75) is 25.9 Å². The highest BCUT2D eigenvalue weighted by molar-refractivity contribution is 5.66. The van der Waals surface area contributed by atoms with E-state index in [9.17, 15) is 9.90 Å². The quantitative estimate of drug-likeness (QED) is 0.658. The van der Waals surface area contributed by atoms with Crippen molar-refractivity contribution in [1.29, 1.82) is 0 Å². The fourth-order valence-corrected chi connectivity index (χ4v) is 1.51. The van der Waals surface area contributed by atoms with E-state index in [2.05, 4.69) is 0 Å². The molecule has 0 unspecified atom stereocenters. The molecule has 0 atom stereocenters. The predicted octanol–water partition coefficient (Wildman–Crippen LogP) is 0.164. The highest BCUT2D eigenvalue weighted by Crippen LogP contribution is 2.28. The highest BCUT2D eigenvalue weighted by atomic mass is 16.4. The molecule has 0 spiro atoms. The molecule has 0 bridgehead atoms. The van der Waals surface area contributed by atoms with Crippen LogP contribution >= 0.6 is 0 Å². The molecular weight excluding hydrogens is 170 g/mol. The van der Waals surface area contributed by atoms with E-state index >= 15 is 0 Å². The lowest BCUT2D eigenvalue weighted by Gasteiger charge is -2.49. The lowest BCUT2D eigenvalue weighted by molar-refractivity contribution is -0.144. The topological polar surface area (TPSA) is 60.8 Å². The number of hydrogen-bond donors (Lipinski definition) is 2. The Morgan fingerprint density at radius 1 is 1.54 bits per heavy atom. The van der Waals surface area contributed by atoms with Gasteiger partial charge in [-0.3, -0.25) is 9.69 Å². The summed E-state index contributed by atoms with van der Waals surface area (Å²) in [5.74, 6) is -0.534. The van der Waals surface area contributed by atoms with Gasteiger partial charge < -0.3 is 10.2 Å². The molecule has 0 aromatic heterocycles. The van der Waals surface area contributed by atoms with E-state index in [4.69, 9.17) is 5.11 Å². The molecule has 1 fully saturated rings. The largest absolute Gasteiger partial charge is 0.481 e. The van der Waals surface area contributed by atoms with Gasteiger partial charge >= 0.3 is 5.97 Å². The second kappa shape index (κ2) is 3.64. The second-order valence-corrected chi connectivity index (χ2v) is 4.11. The minimum absolute atomic E-state index is 0.161. The molecule has 0 aromatic rings. The van der Waals surface area contributed by atoms with Crippen molar-refractivity contribution >= 4 is 5.97 Å². The first-order valence-electron chi connectivity index (χ1n) is 4.60. The molecule has 1 heterocycles. The Bertz CT molecular complexity index is 197. The van der Waals surface area contributed by atoms with Crippen LogP contribution in [0, 0.1) is 5.92 Å². The van der Waals surface area contributed by atoms with Gasteiger partial charge in [0.1, 0.15) is 0 Å². The number of aliphatic carboxylic acids is 1. The fraction of sp³-hybridized carbons (Fsp3) is 0.889. The molecule has 76 valence electrons. The molecule has 1 saturated heterocycles. The number of hydrogen-bond acceptors (Lipinski definition) is 3. The molecule has 4 heteroatoms. The van der Waals surface area contributed by atoms with Crippen LogP contribution in [0.15, 0.2) is 0 Å². The zero-order chi connectivity index (χ0) is 10.1. The third-order valence-corrected chi connectivity index (χ3v) is 2.71. The number of β-amino-alcohol motifs (C(OH)–C–C–N with tert-alkyl or cyclic N) is 1. The van der Waals surface area contributed by atoms with Crippen molar-refractivity contribution in [1.82, 2.24) is 4.90 Å². The van der Waals surface area contributed by atoms with Gasteiger partial charge in [0.25, 0.3) is 0 Å². The molecular formula is C9H17NO3. The number of carboxylic acids is 1. The van der Waals surface area contributed by atoms with E-state index in [-0.39, 0.29) is 12.3 Å². The van der Waals surface area contributed by atoms with Gasteiger partial charge in [-0.25, -0.2) is 0 Å². The van der Waals surface area contributed by atoms with E-state index in [0.29, 0.717) is 19.6 Å². The van der Waals surface area contributed by atoms with Gasteiger partial charge in [0.15, 0.2) is 0 Å². The average Bonchev–Trinajstić information content (AvgIpc) is 1.95. The molecule has 1 aliphatic heterocycles. The van der Waals surface area contributed by atoms with Crippen LogP contribution in [0.4, 0.5) is 0 Å². The van der Waals surface area contributed by atoms with Crippen LogP contribution in [0.25, 0.3) is 0 Å². The highest BCUT2D eigenvalue weighted by Gasteiger charge is 2.43. The number of carbonyl (C=O) groups is 1. The minimum atomic E-state index is -0.778. The van der Waals surface area contributed by atoms with Crippen molar-refractivity contribution in [3.05, 3.63) is 0 Å². The fourth-order valence-electron chi connectivity index (χ4n) is 1.51. The van der Waals surface area contributed by atoms with Crippen LogP contribution in [-0.2, 0) is 4.79 Å². The van der Waals surface area contributed by atoms with Crippen molar-refractivity contribution in [3.63, 3.8) is 0 Å². The van der Waals surface area contributed by atoms with Crippen LogP contribution in [0.2, 0.25) is 0 Å². The van der Waals surface area contributed by atoms with Gasteiger partial charge in [0.05, 0.1) is 12.0 Å². The first kappa shape index (κ1) is 10.5. The van der Waals surface area contributed by atoms with Crippen LogP contribution < -0.4 is 0 Å². The Morgan fingerprint density at radius 3 is 2.46 bits per heavy atom. The maximum atomic E-state index is 10.2. The standard InChI is InChI=1S/C9H17NO3/c1-7(2)9(13)5-10(6-9)4-3-8(11)12/h7,13H,3-6H2,1-2H3,(H,11,12). The summed E-state index contributed by atoms with van der Waals surface area (Å²) in [7, 11) is 0. The predicted molar refractivity (Wildman–Crippen MR) is 48.5 cm³/mol. The van der Waals surface area contributed by atoms with E-state index in [1.54, 1.807) is 0 Å². The normalized spacial score (nSPS) is 21.5.